The van der Waals surface area contributed by atoms with Crippen LogP contribution < -0.4 is 5.73 Å². The Morgan fingerprint density at radius 2 is 1.94 bits per heavy atom. The molecular formula is C15H14N2. The lowest BCUT2D eigenvalue weighted by Crippen LogP contribution is -1.93. The Bertz CT molecular complexity index is 702. The van der Waals surface area contributed by atoms with E-state index >= 15 is 0 Å². The lowest BCUT2D eigenvalue weighted by molar-refractivity contribution is 1.16. The Kier molecular flexibility index (Phi) is 2.22. The van der Waals surface area contributed by atoms with Gasteiger partial charge in [-0.2, -0.15) is 0 Å². The second-order valence-corrected chi connectivity index (χ2v) is 4.24. The molecule has 0 amide bonds. The number of aromatic nitrogens is 1. The van der Waals surface area contributed by atoms with Crippen molar-refractivity contribution >= 4 is 27.5 Å². The summed E-state index contributed by atoms with van der Waals surface area (Å²) in [6.45, 7) is 2.15. The lowest BCUT2D eigenvalue weighted by atomic mass is 10.0. The van der Waals surface area contributed by atoms with Crippen molar-refractivity contribution < 1.29 is 0 Å². The molecule has 0 bridgehead atoms. The number of fused-ring (bicyclic) bond motifs is 2. The van der Waals surface area contributed by atoms with E-state index in [0.29, 0.717) is 0 Å². The molecule has 2 nitrogen and oxygen atoms in total. The number of pyridine rings is 1. The molecular weight excluding hydrogens is 208 g/mol. The van der Waals surface area contributed by atoms with Crippen LogP contribution in [0, 0.1) is 0 Å². The predicted octanol–water partition coefficient (Wildman–Crippen LogP) is 3.53. The summed E-state index contributed by atoms with van der Waals surface area (Å²) in [6, 6.07) is 14.4. The molecule has 0 fully saturated rings. The smallest absolute Gasteiger partial charge is 0.0941 e. The number of nitrogens with zero attached hydrogens (tertiary/aromatic N) is 1. The molecule has 2 heteroatoms. The van der Waals surface area contributed by atoms with Gasteiger partial charge < -0.3 is 5.73 Å². The highest BCUT2D eigenvalue weighted by atomic mass is 14.7. The van der Waals surface area contributed by atoms with Crippen LogP contribution in [0.1, 0.15) is 12.5 Å². The van der Waals surface area contributed by atoms with E-state index in [1.54, 1.807) is 0 Å². The van der Waals surface area contributed by atoms with Crippen molar-refractivity contribution in [3.63, 3.8) is 0 Å². The van der Waals surface area contributed by atoms with E-state index in [9.17, 15) is 0 Å². The van der Waals surface area contributed by atoms with Crippen molar-refractivity contribution in [3.8, 4) is 0 Å². The zero-order valence-electron chi connectivity index (χ0n) is 9.77. The fraction of sp³-hybridized carbons (Fsp3) is 0.133. The number of anilines is 1. The Hall–Kier alpha value is -2.09. The Morgan fingerprint density at radius 3 is 2.76 bits per heavy atom. The summed E-state index contributed by atoms with van der Waals surface area (Å²) in [6.07, 6.45) is 0.997. The first-order valence-corrected chi connectivity index (χ1v) is 5.86. The van der Waals surface area contributed by atoms with Gasteiger partial charge in [0.1, 0.15) is 0 Å². The number of benzene rings is 2. The molecule has 3 rings (SSSR count). The molecule has 17 heavy (non-hydrogen) atoms. The average molecular weight is 222 g/mol. The van der Waals surface area contributed by atoms with Crippen molar-refractivity contribution in [1.29, 1.82) is 0 Å². The van der Waals surface area contributed by atoms with Gasteiger partial charge in [0, 0.05) is 10.8 Å². The number of nitrogens with two attached hydrogens (primary N) is 1. The van der Waals surface area contributed by atoms with Gasteiger partial charge in [-0.05, 0) is 30.2 Å². The van der Waals surface area contributed by atoms with Crippen molar-refractivity contribution in [2.24, 2.45) is 0 Å². The van der Waals surface area contributed by atoms with Crippen LogP contribution in [0.3, 0.4) is 0 Å². The third-order valence-corrected chi connectivity index (χ3v) is 3.19. The highest BCUT2D eigenvalue weighted by molar-refractivity contribution is 5.99. The highest BCUT2D eigenvalue weighted by Gasteiger charge is 2.06. The maximum Gasteiger partial charge on any atom is 0.0941 e. The van der Waals surface area contributed by atoms with Crippen LogP contribution in [0.4, 0.5) is 5.69 Å². The van der Waals surface area contributed by atoms with Crippen LogP contribution in [0.15, 0.2) is 42.5 Å². The van der Waals surface area contributed by atoms with Crippen molar-refractivity contribution in [3.05, 3.63) is 48.0 Å². The van der Waals surface area contributed by atoms with Crippen LogP contribution in [-0.2, 0) is 6.42 Å². The Labute approximate surface area is 100 Å². The van der Waals surface area contributed by atoms with Crippen LogP contribution >= 0.6 is 0 Å². The molecule has 0 radical (unpaired) electrons. The molecule has 84 valence electrons. The minimum absolute atomic E-state index is 0.753. The van der Waals surface area contributed by atoms with Gasteiger partial charge in [0.15, 0.2) is 0 Å². The summed E-state index contributed by atoms with van der Waals surface area (Å²) in [7, 11) is 0. The van der Waals surface area contributed by atoms with Gasteiger partial charge >= 0.3 is 0 Å². The Balaban J connectivity index is 2.50. The number of para-hydroxylation sites is 1. The second-order valence-electron chi connectivity index (χ2n) is 4.24. The van der Waals surface area contributed by atoms with Gasteiger partial charge in [-0.15, -0.1) is 0 Å². The summed E-state index contributed by atoms with van der Waals surface area (Å²) in [4.78, 5) is 4.66. The van der Waals surface area contributed by atoms with E-state index in [4.69, 9.17) is 5.73 Å². The normalized spacial score (nSPS) is 11.1. The molecule has 0 aliphatic carbocycles. The first-order chi connectivity index (χ1) is 8.29. The first kappa shape index (κ1) is 10.1. The fourth-order valence-electron chi connectivity index (χ4n) is 2.25. The van der Waals surface area contributed by atoms with Crippen molar-refractivity contribution in [2.45, 2.75) is 13.3 Å². The molecule has 1 aromatic heterocycles. The second kappa shape index (κ2) is 3.74. The highest BCUT2D eigenvalue weighted by Crippen LogP contribution is 2.27. The van der Waals surface area contributed by atoms with E-state index < -0.39 is 0 Å². The number of hydrogen-bond acceptors (Lipinski definition) is 2. The number of nitrogen functional groups attached to an aromatic ring is 1. The van der Waals surface area contributed by atoms with Gasteiger partial charge in [-0.3, -0.25) is 0 Å². The Morgan fingerprint density at radius 1 is 1.12 bits per heavy atom. The first-order valence-electron chi connectivity index (χ1n) is 5.86. The number of rotatable bonds is 1. The van der Waals surface area contributed by atoms with Crippen LogP contribution in [0.5, 0.6) is 0 Å². The third kappa shape index (κ3) is 1.53. The van der Waals surface area contributed by atoms with Gasteiger partial charge in [0.05, 0.1) is 16.7 Å². The van der Waals surface area contributed by atoms with Gasteiger partial charge in [-0.25, -0.2) is 4.98 Å². The van der Waals surface area contributed by atoms with Gasteiger partial charge in [0.2, 0.25) is 0 Å². The SMILES string of the molecule is CCc1ccc(N)c2nc3ccccc3cc12. The maximum atomic E-state index is 6.01. The molecule has 0 spiro atoms. The van der Waals surface area contributed by atoms with Crippen LogP contribution in [0.25, 0.3) is 21.8 Å². The summed E-state index contributed by atoms with van der Waals surface area (Å²) >= 11 is 0. The molecule has 0 atom stereocenters. The zero-order chi connectivity index (χ0) is 11.8. The topological polar surface area (TPSA) is 38.9 Å². The monoisotopic (exact) mass is 222 g/mol. The summed E-state index contributed by atoms with van der Waals surface area (Å²) in [5.74, 6) is 0. The van der Waals surface area contributed by atoms with E-state index in [1.807, 2.05) is 24.3 Å². The summed E-state index contributed by atoms with van der Waals surface area (Å²) < 4.78 is 0. The number of aryl methyl sites for hydroxylation is 1. The lowest BCUT2D eigenvalue weighted by Gasteiger charge is -2.08. The molecule has 0 saturated carbocycles. The molecule has 0 aliphatic rings. The van der Waals surface area contributed by atoms with Crippen molar-refractivity contribution in [2.75, 3.05) is 5.73 Å². The number of hydrogen-bond donors (Lipinski definition) is 1. The standard InChI is InChI=1S/C15H14N2/c1-2-10-7-8-13(16)15-12(10)9-11-5-3-4-6-14(11)17-15/h3-9H,2,16H2,1H3. The zero-order valence-corrected chi connectivity index (χ0v) is 9.77. The average Bonchev–Trinajstić information content (AvgIpc) is 2.38. The molecule has 0 saturated heterocycles. The van der Waals surface area contributed by atoms with E-state index in [2.05, 4.69) is 30.1 Å². The van der Waals surface area contributed by atoms with Crippen molar-refractivity contribution in [1.82, 2.24) is 4.98 Å². The molecule has 2 aromatic carbocycles. The maximum absolute atomic E-state index is 6.01. The van der Waals surface area contributed by atoms with Gasteiger partial charge in [-0.1, -0.05) is 31.2 Å². The third-order valence-electron chi connectivity index (χ3n) is 3.19. The van der Waals surface area contributed by atoms with Gasteiger partial charge in [0.25, 0.3) is 0 Å². The minimum atomic E-state index is 0.753. The quantitative estimate of drug-likeness (QED) is 0.505. The van der Waals surface area contributed by atoms with Crippen LogP contribution in [-0.4, -0.2) is 4.98 Å². The van der Waals surface area contributed by atoms with E-state index in [0.717, 1.165) is 23.1 Å². The summed E-state index contributed by atoms with van der Waals surface area (Å²) in [5.41, 5.74) is 9.98. The predicted molar refractivity (Wildman–Crippen MR) is 73.0 cm³/mol. The molecule has 3 aromatic rings. The van der Waals surface area contributed by atoms with E-state index in [1.165, 1.54) is 16.3 Å². The molecule has 2 N–H and O–H groups in total. The molecule has 0 unspecified atom stereocenters. The largest absolute Gasteiger partial charge is 0.397 e. The minimum Gasteiger partial charge on any atom is -0.397 e. The molecule has 1 heterocycles. The van der Waals surface area contributed by atoms with Crippen LogP contribution in [0.2, 0.25) is 0 Å². The fourth-order valence-corrected chi connectivity index (χ4v) is 2.25. The van der Waals surface area contributed by atoms with E-state index in [-0.39, 0.29) is 0 Å². The summed E-state index contributed by atoms with van der Waals surface area (Å²) in [5, 5.41) is 2.34. The molecule has 0 aliphatic heterocycles.